The predicted octanol–water partition coefficient (Wildman–Crippen LogP) is 2.17. The molecule has 1 aromatic carbocycles. The Morgan fingerprint density at radius 3 is 2.65 bits per heavy atom. The maximum atomic E-state index is 12.2. The Balaban J connectivity index is 3.43. The van der Waals surface area contributed by atoms with Gasteiger partial charge in [-0.15, -0.1) is 0 Å². The van der Waals surface area contributed by atoms with Crippen molar-refractivity contribution in [1.29, 1.82) is 5.26 Å². The van der Waals surface area contributed by atoms with E-state index < -0.39 is 34.5 Å². The first-order chi connectivity index (χ1) is 9.35. The third kappa shape index (κ3) is 3.74. The van der Waals surface area contributed by atoms with Gasteiger partial charge in [0.25, 0.3) is 0 Å². The normalized spacial score (nSPS) is 10.5. The second-order valence-corrected chi connectivity index (χ2v) is 3.34. The van der Waals surface area contributed by atoms with Gasteiger partial charge in [0.1, 0.15) is 11.6 Å². The van der Waals surface area contributed by atoms with Crippen LogP contribution in [0.5, 0.6) is 5.75 Å². The molecule has 7 nitrogen and oxygen atoms in total. The van der Waals surface area contributed by atoms with Crippen LogP contribution in [0.15, 0.2) is 18.2 Å². The lowest BCUT2D eigenvalue weighted by Crippen LogP contribution is -2.06. The van der Waals surface area contributed by atoms with Crippen molar-refractivity contribution in [3.8, 4) is 11.8 Å². The summed E-state index contributed by atoms with van der Waals surface area (Å²) in [6.07, 6.45) is 1.68. The monoisotopic (exact) mass is 284 g/mol. The SMILES string of the molecule is N#Cc1cc(/C=C/C(=O)O)cc([N+](=O)[O-])c1OC(F)F. The number of hydrogen-bond donors (Lipinski definition) is 1. The number of carboxylic acid groups (broad SMARTS) is 1. The minimum absolute atomic E-state index is 0.00253. The summed E-state index contributed by atoms with van der Waals surface area (Å²) >= 11 is 0. The summed E-state index contributed by atoms with van der Waals surface area (Å²) in [4.78, 5) is 20.1. The molecule has 0 aliphatic rings. The summed E-state index contributed by atoms with van der Waals surface area (Å²) in [5.41, 5.74) is -1.35. The third-order valence-electron chi connectivity index (χ3n) is 2.03. The Hall–Kier alpha value is -3.02. The average molecular weight is 284 g/mol. The molecule has 0 atom stereocenters. The number of nitriles is 1. The van der Waals surface area contributed by atoms with Crippen LogP contribution in [0, 0.1) is 21.4 Å². The Bertz CT molecular complexity index is 622. The van der Waals surface area contributed by atoms with Gasteiger partial charge in [-0.1, -0.05) is 0 Å². The molecular weight excluding hydrogens is 278 g/mol. The fourth-order valence-corrected chi connectivity index (χ4v) is 1.33. The summed E-state index contributed by atoms with van der Waals surface area (Å²) in [6.45, 7) is -3.33. The molecule has 0 aromatic heterocycles. The Morgan fingerprint density at radius 2 is 2.20 bits per heavy atom. The Kier molecular flexibility index (Phi) is 4.69. The number of alkyl halides is 2. The quantitative estimate of drug-likeness (QED) is 0.503. The largest absolute Gasteiger partial charge is 0.478 e. The summed E-state index contributed by atoms with van der Waals surface area (Å²) in [6, 6.07) is 3.32. The number of aliphatic carboxylic acids is 1. The lowest BCUT2D eigenvalue weighted by Gasteiger charge is -2.07. The number of ether oxygens (including phenoxy) is 1. The topological polar surface area (TPSA) is 113 Å². The van der Waals surface area contributed by atoms with Gasteiger partial charge in [0.15, 0.2) is 0 Å². The van der Waals surface area contributed by atoms with Crippen molar-refractivity contribution in [3.05, 3.63) is 39.4 Å². The van der Waals surface area contributed by atoms with E-state index in [1.54, 1.807) is 0 Å². The molecule has 0 spiro atoms. The molecule has 0 radical (unpaired) electrons. The number of hydrogen-bond acceptors (Lipinski definition) is 5. The lowest BCUT2D eigenvalue weighted by molar-refractivity contribution is -0.386. The molecule has 0 aliphatic heterocycles. The zero-order valence-corrected chi connectivity index (χ0v) is 9.62. The number of nitro benzene ring substituents is 1. The molecule has 1 rings (SSSR count). The number of nitro groups is 1. The van der Waals surface area contributed by atoms with Gasteiger partial charge < -0.3 is 9.84 Å². The highest BCUT2D eigenvalue weighted by atomic mass is 19.3. The fraction of sp³-hybridized carbons (Fsp3) is 0.0909. The van der Waals surface area contributed by atoms with Gasteiger partial charge in [0.05, 0.1) is 4.92 Å². The zero-order valence-electron chi connectivity index (χ0n) is 9.62. The van der Waals surface area contributed by atoms with Gasteiger partial charge in [0, 0.05) is 12.1 Å². The minimum Gasteiger partial charge on any atom is -0.478 e. The molecule has 104 valence electrons. The molecule has 0 unspecified atom stereocenters. The molecule has 0 fully saturated rings. The van der Waals surface area contributed by atoms with Crippen molar-refractivity contribution in [3.63, 3.8) is 0 Å². The molecular formula is C11H6F2N2O5. The Morgan fingerprint density at radius 1 is 1.55 bits per heavy atom. The number of halogens is 2. The highest BCUT2D eigenvalue weighted by Gasteiger charge is 2.23. The van der Waals surface area contributed by atoms with Crippen LogP contribution in [0.25, 0.3) is 6.08 Å². The zero-order chi connectivity index (χ0) is 15.3. The van der Waals surface area contributed by atoms with Crippen LogP contribution >= 0.6 is 0 Å². The summed E-state index contributed by atoms with van der Waals surface area (Å²) < 4.78 is 28.3. The van der Waals surface area contributed by atoms with E-state index in [1.165, 1.54) is 6.07 Å². The molecule has 20 heavy (non-hydrogen) atoms. The van der Waals surface area contributed by atoms with E-state index in [4.69, 9.17) is 10.4 Å². The first kappa shape index (κ1) is 15.0. The van der Waals surface area contributed by atoms with E-state index >= 15 is 0 Å². The molecule has 0 bridgehead atoms. The number of carboxylic acids is 1. The number of benzene rings is 1. The molecule has 0 saturated carbocycles. The summed E-state index contributed by atoms with van der Waals surface area (Å²) in [5.74, 6) is -2.17. The molecule has 9 heteroatoms. The van der Waals surface area contributed by atoms with E-state index in [0.717, 1.165) is 18.2 Å². The lowest BCUT2D eigenvalue weighted by atomic mass is 10.1. The van der Waals surface area contributed by atoms with Crippen molar-refractivity contribution < 1.29 is 28.3 Å². The number of nitrogens with zero attached hydrogens (tertiary/aromatic N) is 2. The smallest absolute Gasteiger partial charge is 0.387 e. The van der Waals surface area contributed by atoms with Crippen molar-refractivity contribution in [2.75, 3.05) is 0 Å². The maximum Gasteiger partial charge on any atom is 0.387 e. The van der Waals surface area contributed by atoms with Crippen LogP contribution < -0.4 is 4.74 Å². The van der Waals surface area contributed by atoms with Gasteiger partial charge in [-0.05, 0) is 17.7 Å². The number of carbonyl (C=O) groups is 1. The molecule has 0 heterocycles. The summed E-state index contributed by atoms with van der Waals surface area (Å²) in [5, 5.41) is 28.0. The van der Waals surface area contributed by atoms with Gasteiger partial charge in [-0.3, -0.25) is 10.1 Å². The van der Waals surface area contributed by atoms with Crippen LogP contribution in [-0.4, -0.2) is 22.6 Å². The van der Waals surface area contributed by atoms with Crippen LogP contribution in [-0.2, 0) is 4.79 Å². The number of rotatable bonds is 5. The van der Waals surface area contributed by atoms with Gasteiger partial charge >= 0.3 is 18.3 Å². The molecule has 0 amide bonds. The van der Waals surface area contributed by atoms with Gasteiger partial charge in [-0.2, -0.15) is 14.0 Å². The summed E-state index contributed by atoms with van der Waals surface area (Å²) in [7, 11) is 0. The Labute approximate surface area is 110 Å². The molecule has 1 N–H and O–H groups in total. The van der Waals surface area contributed by atoms with Crippen molar-refractivity contribution in [1.82, 2.24) is 0 Å². The molecule has 1 aromatic rings. The van der Waals surface area contributed by atoms with Crippen LogP contribution in [0.4, 0.5) is 14.5 Å². The van der Waals surface area contributed by atoms with Crippen LogP contribution in [0.1, 0.15) is 11.1 Å². The first-order valence-electron chi connectivity index (χ1n) is 4.93. The minimum atomic E-state index is -3.33. The molecule has 0 saturated heterocycles. The maximum absolute atomic E-state index is 12.2. The van der Waals surface area contributed by atoms with Crippen LogP contribution in [0.2, 0.25) is 0 Å². The van der Waals surface area contributed by atoms with E-state index in [0.29, 0.717) is 6.08 Å². The highest BCUT2D eigenvalue weighted by molar-refractivity contribution is 5.85. The van der Waals surface area contributed by atoms with Crippen molar-refractivity contribution in [2.45, 2.75) is 6.61 Å². The van der Waals surface area contributed by atoms with Crippen molar-refractivity contribution >= 4 is 17.7 Å². The second-order valence-electron chi connectivity index (χ2n) is 3.34. The first-order valence-corrected chi connectivity index (χ1v) is 4.93. The van der Waals surface area contributed by atoms with Gasteiger partial charge in [-0.25, -0.2) is 4.79 Å². The van der Waals surface area contributed by atoms with E-state index in [1.807, 2.05) is 0 Å². The van der Waals surface area contributed by atoms with E-state index in [-0.39, 0.29) is 5.56 Å². The van der Waals surface area contributed by atoms with E-state index in [2.05, 4.69) is 4.74 Å². The second kappa shape index (κ2) is 6.24. The van der Waals surface area contributed by atoms with Crippen LogP contribution in [0.3, 0.4) is 0 Å². The standard InChI is InChI=1S/C11H6F2N2O5/c12-11(13)20-10-7(5-14)3-6(1-2-9(16)17)4-8(10)15(18)19/h1-4,11H,(H,16,17)/b2-1+. The third-order valence-corrected chi connectivity index (χ3v) is 2.03. The highest BCUT2D eigenvalue weighted by Crippen LogP contribution is 2.33. The van der Waals surface area contributed by atoms with Crippen molar-refractivity contribution in [2.24, 2.45) is 0 Å². The predicted molar refractivity (Wildman–Crippen MR) is 61.1 cm³/mol. The molecule has 0 aliphatic carbocycles. The fourth-order valence-electron chi connectivity index (χ4n) is 1.33. The average Bonchev–Trinajstić information content (AvgIpc) is 2.36. The van der Waals surface area contributed by atoms with Gasteiger partial charge in [0.2, 0.25) is 5.75 Å². The van der Waals surface area contributed by atoms with E-state index in [9.17, 15) is 23.7 Å².